The Morgan fingerprint density at radius 2 is 2.00 bits per heavy atom. The van der Waals surface area contributed by atoms with Crippen LogP contribution in [-0.2, 0) is 7.05 Å². The molecule has 0 N–H and O–H groups in total. The van der Waals surface area contributed by atoms with Crippen molar-refractivity contribution in [2.45, 2.75) is 20.8 Å². The average Bonchev–Trinajstić information content (AvgIpc) is 2.47. The van der Waals surface area contributed by atoms with Gasteiger partial charge in [-0.25, -0.2) is 9.36 Å². The Hall–Kier alpha value is -0.590. The highest BCUT2D eigenvalue weighted by Crippen LogP contribution is 2.14. The van der Waals surface area contributed by atoms with E-state index in [9.17, 15) is 4.79 Å². The second-order valence-electron chi connectivity index (χ2n) is 5.19. The summed E-state index contributed by atoms with van der Waals surface area (Å²) < 4.78 is 3.44. The molecule has 16 heavy (non-hydrogen) atoms. The van der Waals surface area contributed by atoms with Crippen LogP contribution in [0.25, 0.3) is 0 Å². The molecule has 5 heteroatoms. The molecule has 1 aromatic heterocycles. The molecule has 92 valence electrons. The minimum atomic E-state index is 0. The highest BCUT2D eigenvalue weighted by Gasteiger charge is 2.21. The van der Waals surface area contributed by atoms with Crippen molar-refractivity contribution in [3.05, 3.63) is 18.7 Å². The van der Waals surface area contributed by atoms with E-state index in [1.807, 2.05) is 24.9 Å². The van der Waals surface area contributed by atoms with Gasteiger partial charge in [0, 0.05) is 13.6 Å². The fourth-order valence-electron chi connectivity index (χ4n) is 1.54. The third-order valence-corrected chi connectivity index (χ3v) is 2.03. The summed E-state index contributed by atoms with van der Waals surface area (Å²) in [6.45, 7) is 7.10. The summed E-state index contributed by atoms with van der Waals surface area (Å²) >= 11 is 0. The van der Waals surface area contributed by atoms with E-state index < -0.39 is 0 Å². The zero-order chi connectivity index (χ0) is 11.6. The summed E-state index contributed by atoms with van der Waals surface area (Å²) in [7, 11) is 3.72. The Balaban J connectivity index is 0.00000225. The highest BCUT2D eigenvalue weighted by atomic mass is 127. The lowest BCUT2D eigenvalue weighted by Crippen LogP contribution is -3.00. The first-order valence-electron chi connectivity index (χ1n) is 5.08. The molecule has 0 aromatic carbocycles. The first kappa shape index (κ1) is 15.4. The van der Waals surface area contributed by atoms with Crippen LogP contribution in [0, 0.1) is 5.41 Å². The molecule has 0 atom stereocenters. The lowest BCUT2D eigenvalue weighted by atomic mass is 9.96. The van der Waals surface area contributed by atoms with Gasteiger partial charge >= 0.3 is 6.03 Å². The van der Waals surface area contributed by atoms with Crippen molar-refractivity contribution in [2.75, 3.05) is 13.6 Å². The molecule has 0 aliphatic heterocycles. The second-order valence-corrected chi connectivity index (χ2v) is 5.19. The van der Waals surface area contributed by atoms with Crippen LogP contribution >= 0.6 is 0 Å². The van der Waals surface area contributed by atoms with Crippen molar-refractivity contribution in [3.63, 3.8) is 0 Å². The monoisotopic (exact) mass is 337 g/mol. The highest BCUT2D eigenvalue weighted by molar-refractivity contribution is 5.76. The van der Waals surface area contributed by atoms with E-state index >= 15 is 0 Å². The average molecular weight is 337 g/mol. The van der Waals surface area contributed by atoms with Crippen molar-refractivity contribution in [2.24, 2.45) is 12.5 Å². The Kier molecular flexibility index (Phi) is 5.44. The summed E-state index contributed by atoms with van der Waals surface area (Å²) in [5, 5.41) is 0. The van der Waals surface area contributed by atoms with Gasteiger partial charge in [-0.1, -0.05) is 20.8 Å². The molecule has 1 amide bonds. The molecule has 0 bridgehead atoms. The number of carbonyl (C=O) groups excluding carboxylic acids is 1. The molecule has 0 saturated carbocycles. The van der Waals surface area contributed by atoms with E-state index in [1.54, 1.807) is 22.0 Å². The molecule has 1 aromatic rings. The summed E-state index contributed by atoms with van der Waals surface area (Å²) in [4.78, 5) is 13.6. The molecule has 4 nitrogen and oxygen atoms in total. The minimum Gasteiger partial charge on any atom is -1.00 e. The van der Waals surface area contributed by atoms with Crippen LogP contribution < -0.4 is 28.5 Å². The Morgan fingerprint density at radius 3 is 2.38 bits per heavy atom. The van der Waals surface area contributed by atoms with Crippen molar-refractivity contribution in [3.8, 4) is 0 Å². The lowest BCUT2D eigenvalue weighted by molar-refractivity contribution is -0.670. The third kappa shape index (κ3) is 4.51. The maximum atomic E-state index is 11.9. The van der Waals surface area contributed by atoms with Crippen LogP contribution in [0.1, 0.15) is 20.8 Å². The van der Waals surface area contributed by atoms with Crippen molar-refractivity contribution in [1.82, 2.24) is 9.47 Å². The summed E-state index contributed by atoms with van der Waals surface area (Å²) in [5.41, 5.74) is 0.125. The van der Waals surface area contributed by atoms with E-state index in [0.29, 0.717) is 0 Å². The number of aryl methyl sites for hydroxylation is 1. The van der Waals surface area contributed by atoms with Crippen molar-refractivity contribution < 1.29 is 33.3 Å². The molecule has 0 radical (unpaired) electrons. The molecule has 1 heterocycles. The quantitative estimate of drug-likeness (QED) is 0.442. The zero-order valence-electron chi connectivity index (χ0n) is 10.6. The van der Waals surface area contributed by atoms with Gasteiger partial charge < -0.3 is 28.9 Å². The van der Waals surface area contributed by atoms with Gasteiger partial charge in [0.1, 0.15) is 12.4 Å². The number of imidazole rings is 1. The number of halogens is 1. The maximum absolute atomic E-state index is 11.9. The van der Waals surface area contributed by atoms with Gasteiger partial charge in [-0.3, -0.25) is 0 Å². The van der Waals surface area contributed by atoms with Gasteiger partial charge in [0.2, 0.25) is 0 Å². The number of hydrogen-bond acceptors (Lipinski definition) is 1. The zero-order valence-corrected chi connectivity index (χ0v) is 12.7. The van der Waals surface area contributed by atoms with Gasteiger partial charge in [-0.2, -0.15) is 4.57 Å². The van der Waals surface area contributed by atoms with Crippen LogP contribution in [-0.4, -0.2) is 29.1 Å². The van der Waals surface area contributed by atoms with Crippen LogP contribution in [0.5, 0.6) is 0 Å². The summed E-state index contributed by atoms with van der Waals surface area (Å²) in [6.07, 6.45) is 5.38. The van der Waals surface area contributed by atoms with Crippen LogP contribution in [0.15, 0.2) is 18.7 Å². The molecule has 0 aliphatic rings. The predicted molar refractivity (Wildman–Crippen MR) is 58.5 cm³/mol. The van der Waals surface area contributed by atoms with E-state index in [1.165, 1.54) is 0 Å². The number of nitrogens with zero attached hydrogens (tertiary/aromatic N) is 3. The van der Waals surface area contributed by atoms with Gasteiger partial charge in [0.15, 0.2) is 0 Å². The van der Waals surface area contributed by atoms with Crippen molar-refractivity contribution in [1.29, 1.82) is 0 Å². The largest absolute Gasteiger partial charge is 1.00 e. The Morgan fingerprint density at radius 1 is 1.44 bits per heavy atom. The standard InChI is InChI=1S/C11H20N3O.HI/c1-11(2,3)8-13(5)10(15)14-7-6-12(4)9-14;/h6-7,9H,8H2,1-5H3;1H/q+1;/p-1. The number of rotatable bonds is 1. The van der Waals surface area contributed by atoms with Gasteiger partial charge in [0.25, 0.3) is 6.33 Å². The molecule has 0 saturated heterocycles. The molecular formula is C11H20IN3O. The second kappa shape index (κ2) is 5.65. The Bertz CT molecular complexity index is 354. The van der Waals surface area contributed by atoms with Crippen LogP contribution in [0.2, 0.25) is 0 Å². The first-order chi connectivity index (χ1) is 6.79. The SMILES string of the molecule is CN(CC(C)(C)C)C(=O)n1cc[n+](C)c1.[I-]. The molecule has 0 spiro atoms. The molecular weight excluding hydrogens is 317 g/mol. The first-order valence-corrected chi connectivity index (χ1v) is 5.08. The molecule has 0 aliphatic carbocycles. The normalized spacial score (nSPS) is 10.8. The van der Waals surface area contributed by atoms with Gasteiger partial charge in [0.05, 0.1) is 7.05 Å². The predicted octanol–water partition coefficient (Wildman–Crippen LogP) is -1.74. The van der Waals surface area contributed by atoms with Gasteiger partial charge in [-0.05, 0) is 5.41 Å². The van der Waals surface area contributed by atoms with Crippen molar-refractivity contribution >= 4 is 6.03 Å². The molecule has 0 unspecified atom stereocenters. The van der Waals surface area contributed by atoms with E-state index in [4.69, 9.17) is 0 Å². The van der Waals surface area contributed by atoms with Gasteiger partial charge in [-0.15, -0.1) is 0 Å². The topological polar surface area (TPSA) is 29.1 Å². The van der Waals surface area contributed by atoms with E-state index in [2.05, 4.69) is 20.8 Å². The lowest BCUT2D eigenvalue weighted by Gasteiger charge is -2.24. The number of aromatic nitrogens is 2. The minimum absolute atomic E-state index is 0. The molecule has 0 fully saturated rings. The number of amides is 1. The third-order valence-electron chi connectivity index (χ3n) is 2.03. The van der Waals surface area contributed by atoms with Crippen LogP contribution in [0.3, 0.4) is 0 Å². The Labute approximate surface area is 114 Å². The maximum Gasteiger partial charge on any atom is 0.415 e. The smallest absolute Gasteiger partial charge is 0.415 e. The fraction of sp³-hybridized carbons (Fsp3) is 0.636. The summed E-state index contributed by atoms with van der Waals surface area (Å²) in [5.74, 6) is 0. The number of carbonyl (C=O) groups is 1. The number of hydrogen-bond donors (Lipinski definition) is 0. The van der Waals surface area contributed by atoms with E-state index in [-0.39, 0.29) is 35.4 Å². The fourth-order valence-corrected chi connectivity index (χ4v) is 1.54. The van der Waals surface area contributed by atoms with E-state index in [0.717, 1.165) is 6.54 Å². The summed E-state index contributed by atoms with van der Waals surface area (Å²) in [6, 6.07) is 0.00512. The van der Waals surface area contributed by atoms with Crippen LogP contribution in [0.4, 0.5) is 4.79 Å². The molecule has 1 rings (SSSR count).